The zero-order chi connectivity index (χ0) is 14.2. The lowest BCUT2D eigenvalue weighted by Gasteiger charge is -2.28. The summed E-state index contributed by atoms with van der Waals surface area (Å²) >= 11 is 0. The van der Waals surface area contributed by atoms with Crippen LogP contribution in [0.4, 0.5) is 4.79 Å². The van der Waals surface area contributed by atoms with Gasteiger partial charge in [0, 0.05) is 19.1 Å². The first kappa shape index (κ1) is 17.1. The normalized spacial score (nSPS) is 11.9. The van der Waals surface area contributed by atoms with Gasteiger partial charge >= 0.3 is 16.3 Å². The van der Waals surface area contributed by atoms with Crippen molar-refractivity contribution in [3.63, 3.8) is 0 Å². The number of nitrogens with two attached hydrogens (primary N) is 1. The van der Waals surface area contributed by atoms with Gasteiger partial charge in [0.1, 0.15) is 0 Å². The van der Waals surface area contributed by atoms with Crippen molar-refractivity contribution in [3.05, 3.63) is 0 Å². The van der Waals surface area contributed by atoms with Gasteiger partial charge in [0.25, 0.3) is 0 Å². The molecule has 18 heavy (non-hydrogen) atoms. The zero-order valence-corrected chi connectivity index (χ0v) is 12.0. The number of carbonyl (C=O) groups excluding carboxylic acids is 1. The average Bonchev–Trinajstić information content (AvgIpc) is 2.29. The summed E-state index contributed by atoms with van der Waals surface area (Å²) in [6.45, 7) is 5.85. The van der Waals surface area contributed by atoms with Gasteiger partial charge in [0.2, 0.25) is 0 Å². The van der Waals surface area contributed by atoms with Crippen molar-refractivity contribution in [1.82, 2.24) is 9.03 Å². The second kappa shape index (κ2) is 8.28. The largest absolute Gasteiger partial charge is 0.449 e. The van der Waals surface area contributed by atoms with Crippen LogP contribution in [0.15, 0.2) is 0 Å². The van der Waals surface area contributed by atoms with Crippen LogP contribution in [0.3, 0.4) is 0 Å². The Bertz CT molecular complexity index is 341. The van der Waals surface area contributed by atoms with Crippen LogP contribution in [-0.2, 0) is 14.9 Å². The van der Waals surface area contributed by atoms with E-state index in [2.05, 4.69) is 4.74 Å². The summed E-state index contributed by atoms with van der Waals surface area (Å²) in [7, 11) is -3.90. The van der Waals surface area contributed by atoms with Crippen LogP contribution < -0.4 is 10.5 Å². The SMILES string of the molecule is CCOC(=O)NS(=O)(=O)N(CCN)C(CC)CC. The van der Waals surface area contributed by atoms with Gasteiger partial charge in [-0.3, -0.25) is 0 Å². The molecule has 0 unspecified atom stereocenters. The van der Waals surface area contributed by atoms with Gasteiger partial charge in [-0.1, -0.05) is 13.8 Å². The number of hydrogen-bond acceptors (Lipinski definition) is 5. The van der Waals surface area contributed by atoms with Gasteiger partial charge < -0.3 is 10.5 Å². The Morgan fingerprint density at radius 2 is 1.89 bits per heavy atom. The molecule has 0 fully saturated rings. The highest BCUT2D eigenvalue weighted by atomic mass is 32.2. The Balaban J connectivity index is 4.91. The Morgan fingerprint density at radius 3 is 2.28 bits per heavy atom. The van der Waals surface area contributed by atoms with E-state index in [1.165, 1.54) is 4.31 Å². The molecule has 0 atom stereocenters. The lowest BCUT2D eigenvalue weighted by molar-refractivity contribution is 0.157. The van der Waals surface area contributed by atoms with Crippen LogP contribution in [0.1, 0.15) is 33.6 Å². The van der Waals surface area contributed by atoms with Crippen molar-refractivity contribution >= 4 is 16.3 Å². The maximum absolute atomic E-state index is 12.0. The number of rotatable bonds is 8. The van der Waals surface area contributed by atoms with Crippen molar-refractivity contribution in [2.45, 2.75) is 39.7 Å². The Kier molecular flexibility index (Phi) is 7.88. The Labute approximate surface area is 109 Å². The van der Waals surface area contributed by atoms with E-state index < -0.39 is 16.3 Å². The third-order valence-electron chi connectivity index (χ3n) is 2.50. The van der Waals surface area contributed by atoms with E-state index in [-0.39, 0.29) is 25.7 Å². The van der Waals surface area contributed by atoms with E-state index in [0.29, 0.717) is 12.8 Å². The van der Waals surface area contributed by atoms with Gasteiger partial charge in [-0.2, -0.15) is 12.7 Å². The summed E-state index contributed by atoms with van der Waals surface area (Å²) < 4.78 is 31.7. The molecule has 0 aliphatic heterocycles. The highest BCUT2D eigenvalue weighted by molar-refractivity contribution is 7.87. The molecule has 108 valence electrons. The molecule has 0 aromatic carbocycles. The third kappa shape index (κ3) is 5.19. The molecule has 0 saturated heterocycles. The van der Waals surface area contributed by atoms with E-state index in [0.717, 1.165) is 0 Å². The summed E-state index contributed by atoms with van der Waals surface area (Å²) in [4.78, 5) is 11.2. The first-order chi connectivity index (χ1) is 8.42. The van der Waals surface area contributed by atoms with E-state index in [4.69, 9.17) is 5.73 Å². The van der Waals surface area contributed by atoms with Gasteiger partial charge in [0.05, 0.1) is 6.61 Å². The van der Waals surface area contributed by atoms with E-state index >= 15 is 0 Å². The summed E-state index contributed by atoms with van der Waals surface area (Å²) in [6.07, 6.45) is 0.339. The summed E-state index contributed by atoms with van der Waals surface area (Å²) in [5.41, 5.74) is 5.41. The Hall–Kier alpha value is -0.860. The molecule has 0 saturated carbocycles. The minimum absolute atomic E-state index is 0.114. The molecule has 1 amide bonds. The van der Waals surface area contributed by atoms with Crippen LogP contribution in [0.2, 0.25) is 0 Å². The molecule has 0 aliphatic rings. The van der Waals surface area contributed by atoms with Crippen molar-refractivity contribution in [3.8, 4) is 0 Å². The van der Waals surface area contributed by atoms with Crippen LogP contribution in [-0.4, -0.2) is 44.6 Å². The van der Waals surface area contributed by atoms with E-state index in [9.17, 15) is 13.2 Å². The van der Waals surface area contributed by atoms with E-state index in [1.807, 2.05) is 18.6 Å². The van der Waals surface area contributed by atoms with Gasteiger partial charge in [-0.15, -0.1) is 0 Å². The van der Waals surface area contributed by atoms with Crippen molar-refractivity contribution in [2.24, 2.45) is 5.73 Å². The predicted octanol–water partition coefficient (Wildman–Crippen LogP) is 0.427. The fourth-order valence-corrected chi connectivity index (χ4v) is 3.07. The monoisotopic (exact) mass is 281 g/mol. The second-order valence-electron chi connectivity index (χ2n) is 3.70. The molecule has 3 N–H and O–H groups in total. The molecule has 0 rings (SSSR count). The zero-order valence-electron chi connectivity index (χ0n) is 11.2. The minimum Gasteiger partial charge on any atom is -0.449 e. The van der Waals surface area contributed by atoms with Crippen molar-refractivity contribution in [2.75, 3.05) is 19.7 Å². The minimum atomic E-state index is -3.90. The van der Waals surface area contributed by atoms with Crippen molar-refractivity contribution in [1.29, 1.82) is 0 Å². The molecule has 0 radical (unpaired) electrons. The fraction of sp³-hybridized carbons (Fsp3) is 0.900. The molecule has 0 heterocycles. The lowest BCUT2D eigenvalue weighted by Crippen LogP contribution is -2.50. The standard InChI is InChI=1S/C10H23N3O4S/c1-4-9(5-2)13(8-7-11)18(15,16)12-10(14)17-6-3/h9H,4-8,11H2,1-3H3,(H,12,14). The predicted molar refractivity (Wildman–Crippen MR) is 69.2 cm³/mol. The molecule has 0 aromatic heterocycles. The highest BCUT2D eigenvalue weighted by Crippen LogP contribution is 2.12. The first-order valence-corrected chi connectivity index (χ1v) is 7.53. The molecular formula is C10H23N3O4S. The fourth-order valence-electron chi connectivity index (χ4n) is 1.65. The second-order valence-corrected chi connectivity index (χ2v) is 5.32. The number of nitrogens with zero attached hydrogens (tertiary/aromatic N) is 1. The summed E-state index contributed by atoms with van der Waals surface area (Å²) in [5.74, 6) is 0. The molecule has 0 aliphatic carbocycles. The first-order valence-electron chi connectivity index (χ1n) is 6.09. The number of carbonyl (C=O) groups is 1. The smallest absolute Gasteiger partial charge is 0.421 e. The summed E-state index contributed by atoms with van der Waals surface area (Å²) in [5, 5.41) is 0. The summed E-state index contributed by atoms with van der Waals surface area (Å²) in [6, 6.07) is -0.180. The molecule has 0 bridgehead atoms. The molecule has 8 heteroatoms. The maximum Gasteiger partial charge on any atom is 0.421 e. The van der Waals surface area contributed by atoms with Crippen LogP contribution in [0, 0.1) is 0 Å². The van der Waals surface area contributed by atoms with Crippen molar-refractivity contribution < 1.29 is 17.9 Å². The maximum atomic E-state index is 12.0. The van der Waals surface area contributed by atoms with Gasteiger partial charge in [0.15, 0.2) is 0 Å². The van der Waals surface area contributed by atoms with Gasteiger partial charge in [-0.05, 0) is 19.8 Å². The molecule has 0 aromatic rings. The lowest BCUT2D eigenvalue weighted by atomic mass is 10.2. The molecular weight excluding hydrogens is 258 g/mol. The topological polar surface area (TPSA) is 102 Å². The number of amides is 1. The highest BCUT2D eigenvalue weighted by Gasteiger charge is 2.29. The third-order valence-corrected chi connectivity index (χ3v) is 4.02. The number of hydrogen-bond donors (Lipinski definition) is 2. The average molecular weight is 281 g/mol. The van der Waals surface area contributed by atoms with E-state index in [1.54, 1.807) is 6.92 Å². The Morgan fingerprint density at radius 1 is 1.33 bits per heavy atom. The number of ether oxygens (including phenoxy) is 1. The quantitative estimate of drug-likeness (QED) is 0.671. The van der Waals surface area contributed by atoms with Crippen LogP contribution in [0.25, 0.3) is 0 Å². The molecule has 7 nitrogen and oxygen atoms in total. The van der Waals surface area contributed by atoms with Crippen LogP contribution in [0.5, 0.6) is 0 Å². The number of nitrogens with one attached hydrogen (secondary N) is 1. The van der Waals surface area contributed by atoms with Gasteiger partial charge in [-0.25, -0.2) is 9.52 Å². The molecule has 0 spiro atoms. The van der Waals surface area contributed by atoms with Crippen LogP contribution >= 0.6 is 0 Å².